The molecule has 4 aromatic rings. The van der Waals surface area contributed by atoms with Crippen molar-refractivity contribution in [3.8, 4) is 11.3 Å². The number of pyridine rings is 2. The van der Waals surface area contributed by atoms with Crippen molar-refractivity contribution in [3.63, 3.8) is 0 Å². The van der Waals surface area contributed by atoms with E-state index in [2.05, 4.69) is 31.7 Å². The van der Waals surface area contributed by atoms with Gasteiger partial charge in [-0.25, -0.2) is 4.98 Å². The van der Waals surface area contributed by atoms with Gasteiger partial charge >= 0.3 is 0 Å². The minimum absolute atomic E-state index is 0.0582. The van der Waals surface area contributed by atoms with Crippen LogP contribution in [0, 0.1) is 0 Å². The number of carbonyl (C=O) groups is 1. The van der Waals surface area contributed by atoms with Gasteiger partial charge in [-0.05, 0) is 49.2 Å². The topological polar surface area (TPSA) is 101 Å². The molecule has 34 heavy (non-hydrogen) atoms. The molecule has 1 aliphatic rings. The third-order valence-electron chi connectivity index (χ3n) is 5.49. The summed E-state index contributed by atoms with van der Waals surface area (Å²) in [4.78, 5) is 24.4. The van der Waals surface area contributed by atoms with Crippen molar-refractivity contribution in [2.45, 2.75) is 25.7 Å². The summed E-state index contributed by atoms with van der Waals surface area (Å²) in [6.07, 6.45) is 7.13. The molecule has 10 heteroatoms. The Bertz CT molecular complexity index is 1370. The van der Waals surface area contributed by atoms with Crippen molar-refractivity contribution in [2.24, 2.45) is 0 Å². The van der Waals surface area contributed by atoms with Crippen LogP contribution in [0.2, 0.25) is 0 Å². The SMILES string of the molecule is O=C1/C(=C/c2cccc(-c3ccc4ncccc4c3)n2)SC(=S)N1CCCCCc1nn[nH]n1. The van der Waals surface area contributed by atoms with Crippen LogP contribution in [0.15, 0.2) is 59.6 Å². The van der Waals surface area contributed by atoms with E-state index in [1.165, 1.54) is 11.8 Å². The van der Waals surface area contributed by atoms with E-state index < -0.39 is 0 Å². The van der Waals surface area contributed by atoms with Crippen LogP contribution in [0.25, 0.3) is 28.2 Å². The molecule has 1 aliphatic heterocycles. The smallest absolute Gasteiger partial charge is 0.266 e. The number of nitrogens with zero attached hydrogens (tertiary/aromatic N) is 6. The first-order chi connectivity index (χ1) is 16.7. The van der Waals surface area contributed by atoms with E-state index >= 15 is 0 Å². The maximum absolute atomic E-state index is 13.0. The minimum Gasteiger partial charge on any atom is -0.293 e. The number of thioether (sulfide) groups is 1. The highest BCUT2D eigenvalue weighted by atomic mass is 32.2. The lowest BCUT2D eigenvalue weighted by atomic mass is 10.1. The lowest BCUT2D eigenvalue weighted by molar-refractivity contribution is -0.122. The van der Waals surface area contributed by atoms with E-state index in [-0.39, 0.29) is 5.91 Å². The Morgan fingerprint density at radius 3 is 2.91 bits per heavy atom. The van der Waals surface area contributed by atoms with Crippen molar-refractivity contribution in [1.82, 2.24) is 35.5 Å². The van der Waals surface area contributed by atoms with Gasteiger partial charge in [0.2, 0.25) is 0 Å². The van der Waals surface area contributed by atoms with Gasteiger partial charge in [-0.2, -0.15) is 5.21 Å². The number of tetrazole rings is 1. The number of aromatic amines is 1. The number of aryl methyl sites for hydroxylation is 1. The second-order valence-corrected chi connectivity index (χ2v) is 9.51. The minimum atomic E-state index is -0.0582. The molecule has 0 unspecified atom stereocenters. The molecule has 0 spiro atoms. The Balaban J connectivity index is 1.24. The number of nitrogens with one attached hydrogen (secondary N) is 1. The van der Waals surface area contributed by atoms with Crippen molar-refractivity contribution < 1.29 is 4.79 Å². The van der Waals surface area contributed by atoms with Gasteiger partial charge in [0, 0.05) is 30.1 Å². The Hall–Kier alpha value is -3.50. The second-order valence-electron chi connectivity index (χ2n) is 7.83. The first-order valence-corrected chi connectivity index (χ1v) is 12.2. The maximum atomic E-state index is 13.0. The molecule has 0 radical (unpaired) electrons. The fourth-order valence-corrected chi connectivity index (χ4v) is 5.07. The van der Waals surface area contributed by atoms with Crippen molar-refractivity contribution >= 4 is 51.2 Å². The predicted octanol–water partition coefficient (Wildman–Crippen LogP) is 4.42. The van der Waals surface area contributed by atoms with Crippen LogP contribution in [0.3, 0.4) is 0 Å². The fourth-order valence-electron chi connectivity index (χ4n) is 3.77. The molecule has 0 saturated carbocycles. The summed E-state index contributed by atoms with van der Waals surface area (Å²) in [5.74, 6) is 0.654. The summed E-state index contributed by atoms with van der Waals surface area (Å²) in [7, 11) is 0. The number of rotatable bonds is 8. The number of hydrogen-bond donors (Lipinski definition) is 1. The number of aromatic nitrogens is 6. The zero-order chi connectivity index (χ0) is 23.3. The fraction of sp³-hybridized carbons (Fsp3) is 0.208. The Labute approximate surface area is 205 Å². The average molecular weight is 488 g/mol. The highest BCUT2D eigenvalue weighted by Gasteiger charge is 2.31. The molecule has 1 amide bonds. The normalized spacial score (nSPS) is 15.1. The van der Waals surface area contributed by atoms with Crippen molar-refractivity contribution in [2.75, 3.05) is 6.54 Å². The molecule has 1 N–H and O–H groups in total. The zero-order valence-electron chi connectivity index (χ0n) is 18.2. The molecular weight excluding hydrogens is 466 g/mol. The highest BCUT2D eigenvalue weighted by Crippen LogP contribution is 2.33. The molecule has 1 fully saturated rings. The standard InChI is InChI=1S/C24H21N7OS2/c32-23-21(34-24(33)31(23)13-3-1-2-9-22-27-29-30-28-22)15-18-7-4-8-20(26-18)17-10-11-19-16(14-17)6-5-12-25-19/h4-8,10-12,14-15H,1-3,9,13H2,(H,27,28,29,30)/b21-15-. The van der Waals surface area contributed by atoms with E-state index in [1.54, 1.807) is 11.1 Å². The summed E-state index contributed by atoms with van der Waals surface area (Å²) >= 11 is 6.80. The number of carbonyl (C=O) groups excluding carboxylic acids is 1. The molecule has 5 rings (SSSR count). The highest BCUT2D eigenvalue weighted by molar-refractivity contribution is 8.26. The van der Waals surface area contributed by atoms with Crippen molar-refractivity contribution in [1.29, 1.82) is 0 Å². The Morgan fingerprint density at radius 2 is 2.03 bits per heavy atom. The molecular formula is C24H21N7OS2. The van der Waals surface area contributed by atoms with E-state index in [4.69, 9.17) is 17.2 Å². The van der Waals surface area contributed by atoms with Gasteiger partial charge in [-0.15, -0.1) is 10.2 Å². The average Bonchev–Trinajstić information content (AvgIpc) is 3.47. The number of amides is 1. The summed E-state index contributed by atoms with van der Waals surface area (Å²) in [6.45, 7) is 0.604. The molecule has 0 aliphatic carbocycles. The summed E-state index contributed by atoms with van der Waals surface area (Å²) in [5.41, 5.74) is 3.52. The van der Waals surface area contributed by atoms with Crippen LogP contribution < -0.4 is 0 Å². The third-order valence-corrected chi connectivity index (χ3v) is 6.87. The number of fused-ring (bicyclic) bond motifs is 1. The van der Waals surface area contributed by atoms with E-state index in [0.717, 1.165) is 53.5 Å². The van der Waals surface area contributed by atoms with Gasteiger partial charge in [0.15, 0.2) is 5.82 Å². The second kappa shape index (κ2) is 10.2. The van der Waals surface area contributed by atoms with E-state index in [9.17, 15) is 4.79 Å². The third kappa shape index (κ3) is 5.02. The largest absolute Gasteiger partial charge is 0.293 e. The van der Waals surface area contributed by atoms with Gasteiger partial charge < -0.3 is 0 Å². The predicted molar refractivity (Wildman–Crippen MR) is 137 cm³/mol. The number of hydrogen-bond acceptors (Lipinski definition) is 8. The quantitative estimate of drug-likeness (QED) is 0.221. The van der Waals surface area contributed by atoms with Crippen LogP contribution in [-0.4, -0.2) is 52.3 Å². The Morgan fingerprint density at radius 1 is 1.09 bits per heavy atom. The monoisotopic (exact) mass is 487 g/mol. The maximum Gasteiger partial charge on any atom is 0.266 e. The lowest BCUT2D eigenvalue weighted by Gasteiger charge is -2.13. The molecule has 1 aromatic carbocycles. The molecule has 4 heterocycles. The van der Waals surface area contributed by atoms with E-state index in [1.807, 2.05) is 48.5 Å². The van der Waals surface area contributed by atoms with Gasteiger partial charge in [0.05, 0.1) is 21.8 Å². The number of benzene rings is 1. The van der Waals surface area contributed by atoms with Crippen LogP contribution >= 0.6 is 24.0 Å². The zero-order valence-corrected chi connectivity index (χ0v) is 19.9. The molecule has 0 bridgehead atoms. The number of thiocarbonyl (C=S) groups is 1. The molecule has 8 nitrogen and oxygen atoms in total. The van der Waals surface area contributed by atoms with Crippen LogP contribution in [-0.2, 0) is 11.2 Å². The van der Waals surface area contributed by atoms with Crippen LogP contribution in [0.5, 0.6) is 0 Å². The summed E-state index contributed by atoms with van der Waals surface area (Å²) < 4.78 is 0.590. The van der Waals surface area contributed by atoms with Crippen molar-refractivity contribution in [3.05, 3.63) is 71.2 Å². The molecule has 170 valence electrons. The number of H-pyrrole nitrogens is 1. The summed E-state index contributed by atoms with van der Waals surface area (Å²) in [5, 5.41) is 15.0. The Kier molecular flexibility index (Phi) is 6.68. The van der Waals surface area contributed by atoms with Gasteiger partial charge in [-0.3, -0.25) is 14.7 Å². The first-order valence-electron chi connectivity index (χ1n) is 11.0. The number of unbranched alkanes of at least 4 members (excludes halogenated alkanes) is 2. The molecule has 1 saturated heterocycles. The van der Waals surface area contributed by atoms with Gasteiger partial charge in [0.1, 0.15) is 4.32 Å². The molecule has 0 atom stereocenters. The summed E-state index contributed by atoms with van der Waals surface area (Å²) in [6, 6.07) is 15.9. The van der Waals surface area contributed by atoms with E-state index in [0.29, 0.717) is 21.6 Å². The van der Waals surface area contributed by atoms with Gasteiger partial charge in [-0.1, -0.05) is 53.8 Å². The first kappa shape index (κ1) is 22.3. The van der Waals surface area contributed by atoms with Crippen LogP contribution in [0.4, 0.5) is 0 Å². The lowest BCUT2D eigenvalue weighted by Crippen LogP contribution is -2.29. The van der Waals surface area contributed by atoms with Crippen LogP contribution in [0.1, 0.15) is 30.8 Å². The van der Waals surface area contributed by atoms with Gasteiger partial charge in [0.25, 0.3) is 5.91 Å². The molecule has 3 aromatic heterocycles.